The van der Waals surface area contributed by atoms with Gasteiger partial charge in [0.25, 0.3) is 0 Å². The number of carbonyl (C=O) groups is 1. The molecule has 1 N–H and O–H groups in total. The van der Waals surface area contributed by atoms with Crippen LogP contribution in [0.2, 0.25) is 0 Å². The van der Waals surface area contributed by atoms with Crippen molar-refractivity contribution in [3.63, 3.8) is 0 Å². The van der Waals surface area contributed by atoms with Crippen molar-refractivity contribution in [1.29, 1.82) is 0 Å². The number of nitrogens with zero attached hydrogens (tertiary/aromatic N) is 3. The summed E-state index contributed by atoms with van der Waals surface area (Å²) >= 11 is 0. The predicted octanol–water partition coefficient (Wildman–Crippen LogP) is 6.83. The van der Waals surface area contributed by atoms with Crippen LogP contribution in [0.25, 0.3) is 11.4 Å². The highest BCUT2D eigenvalue weighted by molar-refractivity contribution is 5.77. The number of amides is 1. The molecule has 0 unspecified atom stereocenters. The van der Waals surface area contributed by atoms with E-state index >= 15 is 0 Å². The van der Waals surface area contributed by atoms with Crippen LogP contribution in [0, 0.1) is 5.41 Å². The molecule has 0 atom stereocenters. The van der Waals surface area contributed by atoms with Crippen molar-refractivity contribution < 1.29 is 35.9 Å². The van der Waals surface area contributed by atoms with Gasteiger partial charge in [0.2, 0.25) is 5.91 Å². The Morgan fingerprint density at radius 2 is 1.56 bits per heavy atom. The van der Waals surface area contributed by atoms with E-state index in [9.17, 15) is 31.1 Å². The number of fused-ring (bicyclic) bond motifs is 3. The standard InChI is InChI=1S/C29H30F6N4O2/c1-39-24(20-5-3-4-6-21(20)28(30,31)32)37-38-25(39)27-12-9-26(10-13-27,11-14-27)16-23(40)36-17-18-7-8-19(41-2)15-22(18)29(33,34)35/h3-8,15H,9-14,16-17H2,1-2H3,(H,36,40). The van der Waals surface area contributed by atoms with Gasteiger partial charge < -0.3 is 14.6 Å². The maximum absolute atomic E-state index is 13.6. The minimum atomic E-state index is -4.59. The van der Waals surface area contributed by atoms with Crippen molar-refractivity contribution in [3.8, 4) is 17.1 Å². The molecular formula is C29H30F6N4O2. The van der Waals surface area contributed by atoms with Crippen LogP contribution in [0.15, 0.2) is 42.5 Å². The maximum Gasteiger partial charge on any atom is 0.417 e. The molecule has 6 nitrogen and oxygen atoms in total. The Kier molecular flexibility index (Phi) is 7.31. The van der Waals surface area contributed by atoms with Crippen LogP contribution in [0.4, 0.5) is 26.3 Å². The number of hydrogen-bond donors (Lipinski definition) is 1. The summed E-state index contributed by atoms with van der Waals surface area (Å²) in [5.41, 5.74) is -2.31. The molecular weight excluding hydrogens is 550 g/mol. The summed E-state index contributed by atoms with van der Waals surface area (Å²) in [7, 11) is 2.97. The SMILES string of the molecule is COc1ccc(CNC(=O)CC23CCC(c4nnc(-c5ccccc5C(F)(F)F)n4C)(CC2)CC3)c(C(F)(F)F)c1. The van der Waals surface area contributed by atoms with E-state index in [0.29, 0.717) is 44.3 Å². The highest BCUT2D eigenvalue weighted by Gasteiger charge is 2.52. The Bertz CT molecular complexity index is 1420. The van der Waals surface area contributed by atoms with Gasteiger partial charge in [0, 0.05) is 31.0 Å². The average Bonchev–Trinajstić information content (AvgIpc) is 3.33. The van der Waals surface area contributed by atoms with Crippen LogP contribution in [0.3, 0.4) is 0 Å². The second-order valence-electron chi connectivity index (χ2n) is 11.2. The summed E-state index contributed by atoms with van der Waals surface area (Å²) in [4.78, 5) is 12.9. The van der Waals surface area contributed by atoms with Crippen LogP contribution < -0.4 is 10.1 Å². The minimum absolute atomic E-state index is 0.0270. The maximum atomic E-state index is 13.6. The third kappa shape index (κ3) is 5.52. The normalized spacial score (nSPS) is 22.5. The first-order chi connectivity index (χ1) is 19.3. The zero-order chi connectivity index (χ0) is 29.6. The van der Waals surface area contributed by atoms with Gasteiger partial charge >= 0.3 is 12.4 Å². The molecule has 6 rings (SSSR count). The molecule has 12 heteroatoms. The van der Waals surface area contributed by atoms with Gasteiger partial charge in [-0.2, -0.15) is 26.3 Å². The van der Waals surface area contributed by atoms with Gasteiger partial charge in [0.1, 0.15) is 11.6 Å². The Morgan fingerprint density at radius 1 is 0.927 bits per heavy atom. The van der Waals surface area contributed by atoms with Crippen LogP contribution in [-0.4, -0.2) is 27.8 Å². The molecule has 1 heterocycles. The van der Waals surface area contributed by atoms with E-state index in [1.54, 1.807) is 11.6 Å². The molecule has 2 bridgehead atoms. The van der Waals surface area contributed by atoms with Gasteiger partial charge in [-0.3, -0.25) is 4.79 Å². The highest BCUT2D eigenvalue weighted by Crippen LogP contribution is 2.59. The predicted molar refractivity (Wildman–Crippen MR) is 138 cm³/mol. The van der Waals surface area contributed by atoms with Crippen LogP contribution >= 0.6 is 0 Å². The summed E-state index contributed by atoms with van der Waals surface area (Å²) in [6.07, 6.45) is -4.70. The van der Waals surface area contributed by atoms with Crippen molar-refractivity contribution in [2.45, 2.75) is 69.3 Å². The summed E-state index contributed by atoms with van der Waals surface area (Å²) in [6.45, 7) is -0.251. The number of halogens is 6. The van der Waals surface area contributed by atoms with E-state index in [0.717, 1.165) is 12.1 Å². The third-order valence-corrected chi connectivity index (χ3v) is 8.86. The molecule has 41 heavy (non-hydrogen) atoms. The van der Waals surface area contributed by atoms with Crippen molar-refractivity contribution >= 4 is 5.91 Å². The third-order valence-electron chi connectivity index (χ3n) is 8.86. The highest BCUT2D eigenvalue weighted by atomic mass is 19.4. The first-order valence-corrected chi connectivity index (χ1v) is 13.3. The zero-order valence-corrected chi connectivity index (χ0v) is 22.6. The largest absolute Gasteiger partial charge is 0.497 e. The van der Waals surface area contributed by atoms with Crippen molar-refractivity contribution in [3.05, 3.63) is 65.0 Å². The average molecular weight is 581 g/mol. The Balaban J connectivity index is 1.26. The fourth-order valence-corrected chi connectivity index (χ4v) is 6.51. The first-order valence-electron chi connectivity index (χ1n) is 13.3. The molecule has 3 fully saturated rings. The lowest BCUT2D eigenvalue weighted by Gasteiger charge is -2.52. The van der Waals surface area contributed by atoms with Gasteiger partial charge in [-0.25, -0.2) is 0 Å². The number of methoxy groups -OCH3 is 1. The molecule has 0 spiro atoms. The van der Waals surface area contributed by atoms with Crippen molar-refractivity contribution in [1.82, 2.24) is 20.1 Å². The lowest BCUT2D eigenvalue weighted by Crippen LogP contribution is -2.47. The molecule has 220 valence electrons. The lowest BCUT2D eigenvalue weighted by atomic mass is 9.52. The zero-order valence-electron chi connectivity index (χ0n) is 22.6. The number of aromatic nitrogens is 3. The monoisotopic (exact) mass is 580 g/mol. The second kappa shape index (κ2) is 10.4. The quantitative estimate of drug-likeness (QED) is 0.311. The van der Waals surface area contributed by atoms with Gasteiger partial charge in [-0.05, 0) is 67.7 Å². The first kappa shape index (κ1) is 28.9. The van der Waals surface area contributed by atoms with Crippen molar-refractivity contribution in [2.75, 3.05) is 7.11 Å². The molecule has 3 aliphatic carbocycles. The van der Waals surface area contributed by atoms with E-state index in [1.807, 2.05) is 0 Å². The summed E-state index contributed by atoms with van der Waals surface area (Å²) in [6, 6.07) is 8.95. The van der Waals surface area contributed by atoms with E-state index in [-0.39, 0.29) is 52.4 Å². The molecule has 2 aromatic carbocycles. The van der Waals surface area contributed by atoms with E-state index in [1.165, 1.54) is 37.4 Å². The molecule has 3 saturated carbocycles. The number of ether oxygens (including phenoxy) is 1. The second-order valence-corrected chi connectivity index (χ2v) is 11.2. The number of carbonyl (C=O) groups excluding carboxylic acids is 1. The minimum Gasteiger partial charge on any atom is -0.497 e. The van der Waals surface area contributed by atoms with Crippen LogP contribution in [-0.2, 0) is 36.2 Å². The van der Waals surface area contributed by atoms with E-state index in [2.05, 4.69) is 15.5 Å². The number of hydrogen-bond acceptors (Lipinski definition) is 4. The van der Waals surface area contributed by atoms with E-state index < -0.39 is 23.5 Å². The number of rotatable bonds is 7. The van der Waals surface area contributed by atoms with Gasteiger partial charge in [-0.1, -0.05) is 24.3 Å². The Morgan fingerprint density at radius 3 is 2.17 bits per heavy atom. The topological polar surface area (TPSA) is 69.0 Å². The molecule has 3 aliphatic rings. The molecule has 0 radical (unpaired) electrons. The molecule has 0 aliphatic heterocycles. The number of alkyl halides is 6. The fourth-order valence-electron chi connectivity index (χ4n) is 6.51. The number of benzene rings is 2. The summed E-state index contributed by atoms with van der Waals surface area (Å²) in [5.74, 6) is 0.564. The molecule has 1 amide bonds. The Hall–Kier alpha value is -3.57. The Labute approximate surface area is 233 Å². The molecule has 0 saturated heterocycles. The molecule has 3 aromatic rings. The van der Waals surface area contributed by atoms with Gasteiger partial charge in [0.05, 0.1) is 18.2 Å². The summed E-state index contributed by atoms with van der Waals surface area (Å²) in [5, 5.41) is 11.2. The smallest absolute Gasteiger partial charge is 0.417 e. The van der Waals surface area contributed by atoms with Gasteiger partial charge in [0.15, 0.2) is 5.82 Å². The number of nitrogens with one attached hydrogen (secondary N) is 1. The van der Waals surface area contributed by atoms with Crippen LogP contribution in [0.5, 0.6) is 5.75 Å². The van der Waals surface area contributed by atoms with Crippen molar-refractivity contribution in [2.24, 2.45) is 12.5 Å². The van der Waals surface area contributed by atoms with Crippen LogP contribution in [0.1, 0.15) is 67.5 Å². The molecule has 1 aromatic heterocycles. The van der Waals surface area contributed by atoms with E-state index in [4.69, 9.17) is 4.74 Å². The lowest BCUT2D eigenvalue weighted by molar-refractivity contribution is -0.139. The van der Waals surface area contributed by atoms with Gasteiger partial charge in [-0.15, -0.1) is 10.2 Å². The summed E-state index contributed by atoms with van der Waals surface area (Å²) < 4.78 is 88.0. The fraction of sp³-hybridized carbons (Fsp3) is 0.483.